The Morgan fingerprint density at radius 1 is 1.39 bits per heavy atom. The molecular weight excluding hydrogens is 243 g/mol. The van der Waals surface area contributed by atoms with Gasteiger partial charge in [-0.15, -0.1) is 0 Å². The maximum absolute atomic E-state index is 13.3. The van der Waals surface area contributed by atoms with Crippen molar-refractivity contribution in [3.05, 3.63) is 23.6 Å². The molecule has 1 heterocycles. The number of nitrogens with zero attached hydrogens (tertiary/aromatic N) is 2. The number of nitrogens with one attached hydrogen (secondary N) is 1. The molecule has 1 aromatic rings. The zero-order valence-electron chi connectivity index (χ0n) is 10.4. The Morgan fingerprint density at radius 3 is 2.67 bits per heavy atom. The monoisotopic (exact) mass is 259 g/mol. The molecule has 0 amide bonds. The van der Waals surface area contributed by atoms with Crippen LogP contribution in [0.1, 0.15) is 19.8 Å². The molecule has 3 nitrogen and oxygen atoms in total. The standard InChI is InChI=1S/C12H16F3N3/c1-7(18(2)8-3-4-8)6-16-12-10(14)5-9(13)11(15)17-12/h5,7-8H,3-4,6H2,1-2H3,(H,16,17). The van der Waals surface area contributed by atoms with E-state index >= 15 is 0 Å². The lowest BCUT2D eigenvalue weighted by atomic mass is 10.3. The molecule has 0 radical (unpaired) electrons. The van der Waals surface area contributed by atoms with E-state index in [1.165, 1.54) is 12.8 Å². The zero-order chi connectivity index (χ0) is 13.3. The fourth-order valence-corrected chi connectivity index (χ4v) is 1.80. The van der Waals surface area contributed by atoms with E-state index in [1.54, 1.807) is 0 Å². The van der Waals surface area contributed by atoms with Crippen molar-refractivity contribution in [1.82, 2.24) is 9.88 Å². The third-order valence-corrected chi connectivity index (χ3v) is 3.27. The molecule has 1 N–H and O–H groups in total. The third kappa shape index (κ3) is 2.93. The number of likely N-dealkylation sites (N-methyl/N-ethyl adjacent to an activating group) is 1. The molecule has 100 valence electrons. The molecular formula is C12H16F3N3. The van der Waals surface area contributed by atoms with Crippen LogP contribution in [-0.4, -0.2) is 35.6 Å². The molecule has 0 aromatic carbocycles. The van der Waals surface area contributed by atoms with Crippen molar-refractivity contribution in [2.45, 2.75) is 31.8 Å². The van der Waals surface area contributed by atoms with Crippen molar-refractivity contribution in [1.29, 1.82) is 0 Å². The average Bonchev–Trinajstić information content (AvgIpc) is 3.14. The van der Waals surface area contributed by atoms with Crippen LogP contribution in [0.25, 0.3) is 0 Å². The van der Waals surface area contributed by atoms with Gasteiger partial charge in [-0.25, -0.2) is 8.78 Å². The highest BCUT2D eigenvalue weighted by Crippen LogP contribution is 2.27. The molecule has 0 spiro atoms. The number of hydrogen-bond donors (Lipinski definition) is 1. The van der Waals surface area contributed by atoms with Crippen molar-refractivity contribution < 1.29 is 13.2 Å². The molecule has 1 unspecified atom stereocenters. The van der Waals surface area contributed by atoms with Gasteiger partial charge < -0.3 is 5.32 Å². The fourth-order valence-electron chi connectivity index (χ4n) is 1.80. The highest BCUT2D eigenvalue weighted by molar-refractivity contribution is 5.36. The van der Waals surface area contributed by atoms with Crippen molar-refractivity contribution in [3.8, 4) is 0 Å². The van der Waals surface area contributed by atoms with Crippen LogP contribution < -0.4 is 5.32 Å². The van der Waals surface area contributed by atoms with Crippen LogP contribution in [0.15, 0.2) is 6.07 Å². The van der Waals surface area contributed by atoms with Gasteiger partial charge in [-0.1, -0.05) is 0 Å². The summed E-state index contributed by atoms with van der Waals surface area (Å²) in [7, 11) is 2.00. The third-order valence-electron chi connectivity index (χ3n) is 3.27. The second-order valence-corrected chi connectivity index (χ2v) is 4.72. The van der Waals surface area contributed by atoms with E-state index in [2.05, 4.69) is 15.2 Å². The van der Waals surface area contributed by atoms with Crippen LogP contribution in [0.3, 0.4) is 0 Å². The average molecular weight is 259 g/mol. The first-order valence-corrected chi connectivity index (χ1v) is 5.96. The smallest absolute Gasteiger partial charge is 0.251 e. The molecule has 1 saturated carbocycles. The first-order valence-electron chi connectivity index (χ1n) is 5.96. The Hall–Kier alpha value is -1.30. The number of aromatic nitrogens is 1. The summed E-state index contributed by atoms with van der Waals surface area (Å²) in [5.41, 5.74) is 0. The lowest BCUT2D eigenvalue weighted by Crippen LogP contribution is -2.36. The van der Waals surface area contributed by atoms with Crippen molar-refractivity contribution in [3.63, 3.8) is 0 Å². The predicted molar refractivity (Wildman–Crippen MR) is 62.8 cm³/mol. The Bertz CT molecular complexity index is 435. The molecule has 1 atom stereocenters. The Morgan fingerprint density at radius 2 is 2.06 bits per heavy atom. The summed E-state index contributed by atoms with van der Waals surface area (Å²) in [6.07, 6.45) is 2.36. The highest BCUT2D eigenvalue weighted by atomic mass is 19.2. The summed E-state index contributed by atoms with van der Waals surface area (Å²) in [6, 6.07) is 1.26. The largest absolute Gasteiger partial charge is 0.366 e. The molecule has 6 heteroatoms. The number of anilines is 1. The lowest BCUT2D eigenvalue weighted by Gasteiger charge is -2.24. The molecule has 1 aromatic heterocycles. The van der Waals surface area contributed by atoms with Gasteiger partial charge in [0.2, 0.25) is 0 Å². The molecule has 0 aliphatic heterocycles. The van der Waals surface area contributed by atoms with Gasteiger partial charge in [0.25, 0.3) is 5.95 Å². The van der Waals surface area contributed by atoms with Crippen LogP contribution in [0.2, 0.25) is 0 Å². The number of halogens is 3. The second-order valence-electron chi connectivity index (χ2n) is 4.72. The van der Waals surface area contributed by atoms with Gasteiger partial charge in [0, 0.05) is 24.7 Å². The summed E-state index contributed by atoms with van der Waals surface area (Å²) in [5, 5.41) is 2.71. The molecule has 1 aliphatic carbocycles. The quantitative estimate of drug-likeness (QED) is 0.823. The molecule has 18 heavy (non-hydrogen) atoms. The van der Waals surface area contributed by atoms with Gasteiger partial charge in [0.05, 0.1) is 0 Å². The molecule has 1 aliphatic rings. The Balaban J connectivity index is 1.95. The summed E-state index contributed by atoms with van der Waals surface area (Å²) >= 11 is 0. The van der Waals surface area contributed by atoms with Gasteiger partial charge in [-0.3, -0.25) is 4.90 Å². The van der Waals surface area contributed by atoms with Crippen LogP contribution in [0, 0.1) is 17.6 Å². The fraction of sp³-hybridized carbons (Fsp3) is 0.583. The van der Waals surface area contributed by atoms with Crippen molar-refractivity contribution >= 4 is 5.82 Å². The molecule has 1 fully saturated rings. The van der Waals surface area contributed by atoms with E-state index in [4.69, 9.17) is 0 Å². The first-order chi connectivity index (χ1) is 8.49. The molecule has 0 bridgehead atoms. The van der Waals surface area contributed by atoms with Gasteiger partial charge in [0.15, 0.2) is 17.5 Å². The van der Waals surface area contributed by atoms with Crippen LogP contribution in [-0.2, 0) is 0 Å². The van der Waals surface area contributed by atoms with Gasteiger partial charge in [0.1, 0.15) is 0 Å². The minimum atomic E-state index is -1.29. The molecule has 2 rings (SSSR count). The van der Waals surface area contributed by atoms with E-state index in [0.29, 0.717) is 18.7 Å². The highest BCUT2D eigenvalue weighted by Gasteiger charge is 2.29. The summed E-state index contributed by atoms with van der Waals surface area (Å²) in [4.78, 5) is 5.40. The summed E-state index contributed by atoms with van der Waals surface area (Å²) in [6.45, 7) is 2.42. The van der Waals surface area contributed by atoms with Gasteiger partial charge in [-0.05, 0) is 26.8 Å². The maximum atomic E-state index is 13.3. The number of pyridine rings is 1. The summed E-state index contributed by atoms with van der Waals surface area (Å²) in [5.74, 6) is -3.69. The Kier molecular flexibility index (Phi) is 3.75. The summed E-state index contributed by atoms with van der Waals surface area (Å²) < 4.78 is 38.9. The van der Waals surface area contributed by atoms with Crippen molar-refractivity contribution in [2.75, 3.05) is 18.9 Å². The minimum Gasteiger partial charge on any atom is -0.366 e. The number of hydrogen-bond acceptors (Lipinski definition) is 3. The van der Waals surface area contributed by atoms with E-state index in [-0.39, 0.29) is 11.9 Å². The van der Waals surface area contributed by atoms with E-state index in [9.17, 15) is 13.2 Å². The lowest BCUT2D eigenvalue weighted by molar-refractivity contribution is 0.257. The normalized spacial score (nSPS) is 17.0. The van der Waals surface area contributed by atoms with E-state index < -0.39 is 17.6 Å². The minimum absolute atomic E-state index is 0.173. The van der Waals surface area contributed by atoms with Gasteiger partial charge >= 0.3 is 0 Å². The van der Waals surface area contributed by atoms with Gasteiger partial charge in [-0.2, -0.15) is 9.37 Å². The zero-order valence-corrected chi connectivity index (χ0v) is 10.4. The van der Waals surface area contributed by atoms with E-state index in [1.807, 2.05) is 14.0 Å². The Labute approximate surface area is 104 Å². The van der Waals surface area contributed by atoms with E-state index in [0.717, 1.165) is 0 Å². The SMILES string of the molecule is CC(CNc1nc(F)c(F)cc1F)N(C)C1CC1. The maximum Gasteiger partial charge on any atom is 0.251 e. The topological polar surface area (TPSA) is 28.2 Å². The van der Waals surface area contributed by atoms with Crippen LogP contribution in [0.5, 0.6) is 0 Å². The predicted octanol–water partition coefficient (Wildman–Crippen LogP) is 2.39. The molecule has 0 saturated heterocycles. The van der Waals surface area contributed by atoms with Crippen LogP contribution >= 0.6 is 0 Å². The number of rotatable bonds is 5. The second kappa shape index (κ2) is 5.14. The van der Waals surface area contributed by atoms with Crippen LogP contribution in [0.4, 0.5) is 19.0 Å². The first kappa shape index (κ1) is 13.1. The van der Waals surface area contributed by atoms with Crippen molar-refractivity contribution in [2.24, 2.45) is 0 Å².